The molecule has 0 bridgehead atoms. The highest BCUT2D eigenvalue weighted by Crippen LogP contribution is 2.19. The fourth-order valence-corrected chi connectivity index (χ4v) is 1.43. The summed E-state index contributed by atoms with van der Waals surface area (Å²) < 4.78 is 4.94. The minimum Gasteiger partial charge on any atom is -0.370 e. The lowest BCUT2D eigenvalue weighted by molar-refractivity contribution is -0.142. The summed E-state index contributed by atoms with van der Waals surface area (Å²) >= 11 is 0. The van der Waals surface area contributed by atoms with Crippen molar-refractivity contribution in [2.24, 2.45) is 5.73 Å². The summed E-state index contributed by atoms with van der Waals surface area (Å²) in [5, 5.41) is 0. The maximum atomic E-state index is 11.1. The van der Waals surface area contributed by atoms with E-state index in [2.05, 4.69) is 5.48 Å². The number of hydrogen-bond acceptors (Lipinski definition) is 4. The van der Waals surface area contributed by atoms with Gasteiger partial charge < -0.3 is 10.5 Å². The third-order valence-electron chi connectivity index (χ3n) is 2.14. The molecule has 0 unspecified atom stereocenters. The highest BCUT2D eigenvalue weighted by atomic mass is 16.7. The Balaban J connectivity index is 1.96. The van der Waals surface area contributed by atoms with Crippen LogP contribution in [0, 0.1) is 0 Å². The number of nitrogens with one attached hydrogen (secondary N) is 1. The van der Waals surface area contributed by atoms with E-state index in [0.717, 1.165) is 12.8 Å². The molecule has 1 aliphatic carbocycles. The zero-order valence-corrected chi connectivity index (χ0v) is 8.33. The van der Waals surface area contributed by atoms with Crippen molar-refractivity contribution in [2.75, 3.05) is 19.8 Å². The number of hydroxylamine groups is 1. The van der Waals surface area contributed by atoms with Crippen LogP contribution in [-0.4, -0.2) is 31.8 Å². The number of hydrogen-bond donors (Lipinski definition) is 2. The van der Waals surface area contributed by atoms with Gasteiger partial charge in [-0.2, -0.15) is 0 Å². The van der Waals surface area contributed by atoms with E-state index in [1.165, 1.54) is 12.8 Å². The third-order valence-corrected chi connectivity index (χ3v) is 2.14. The molecule has 0 atom stereocenters. The average Bonchev–Trinajstić information content (AvgIpc) is 2.68. The molecule has 1 saturated carbocycles. The molecule has 0 aromatic heterocycles. The highest BCUT2D eigenvalue weighted by Gasteiger charge is 2.16. The fraction of sp³-hybridized carbons (Fsp3) is 0.889. The molecule has 0 spiro atoms. The van der Waals surface area contributed by atoms with Crippen molar-refractivity contribution in [1.29, 1.82) is 0 Å². The van der Waals surface area contributed by atoms with E-state index in [4.69, 9.17) is 15.3 Å². The normalized spacial score (nSPS) is 17.2. The van der Waals surface area contributed by atoms with Crippen LogP contribution in [0.4, 0.5) is 0 Å². The maximum absolute atomic E-state index is 11.1. The Morgan fingerprint density at radius 3 is 2.79 bits per heavy atom. The van der Waals surface area contributed by atoms with Gasteiger partial charge in [-0.05, 0) is 12.8 Å². The molecule has 0 heterocycles. The Kier molecular flexibility index (Phi) is 5.51. The van der Waals surface area contributed by atoms with Crippen molar-refractivity contribution in [1.82, 2.24) is 5.48 Å². The van der Waals surface area contributed by atoms with Crippen LogP contribution in [0.15, 0.2) is 0 Å². The molecule has 1 fully saturated rings. The molecular weight excluding hydrogens is 184 g/mol. The van der Waals surface area contributed by atoms with Gasteiger partial charge in [-0.15, -0.1) is 0 Å². The van der Waals surface area contributed by atoms with Crippen LogP contribution in [0.1, 0.15) is 25.7 Å². The highest BCUT2D eigenvalue weighted by molar-refractivity contribution is 5.76. The molecule has 1 rings (SSSR count). The first kappa shape index (κ1) is 11.4. The third kappa shape index (κ3) is 4.55. The molecule has 0 saturated heterocycles. The van der Waals surface area contributed by atoms with E-state index < -0.39 is 0 Å². The molecule has 0 aromatic rings. The number of rotatable bonds is 6. The van der Waals surface area contributed by atoms with Crippen LogP contribution in [0.3, 0.4) is 0 Å². The van der Waals surface area contributed by atoms with E-state index in [1.807, 2.05) is 0 Å². The van der Waals surface area contributed by atoms with Crippen LogP contribution in [0.25, 0.3) is 0 Å². The standard InChI is InChI=1S/C9H18N2O3/c10-5-6-13-7-9(12)11-14-8-3-1-2-4-8/h8H,1-7,10H2,(H,11,12). The van der Waals surface area contributed by atoms with Crippen LogP contribution in [-0.2, 0) is 14.4 Å². The number of amides is 1. The molecule has 82 valence electrons. The van der Waals surface area contributed by atoms with Crippen LogP contribution < -0.4 is 11.2 Å². The van der Waals surface area contributed by atoms with Gasteiger partial charge >= 0.3 is 0 Å². The monoisotopic (exact) mass is 202 g/mol. The number of ether oxygens (including phenoxy) is 1. The van der Waals surface area contributed by atoms with Crippen molar-refractivity contribution in [3.05, 3.63) is 0 Å². The summed E-state index contributed by atoms with van der Waals surface area (Å²) in [4.78, 5) is 16.3. The number of carbonyl (C=O) groups is 1. The smallest absolute Gasteiger partial charge is 0.269 e. The first-order valence-electron chi connectivity index (χ1n) is 5.05. The zero-order chi connectivity index (χ0) is 10.2. The molecule has 1 aliphatic rings. The van der Waals surface area contributed by atoms with Crippen LogP contribution in [0.2, 0.25) is 0 Å². The van der Waals surface area contributed by atoms with Crippen molar-refractivity contribution in [2.45, 2.75) is 31.8 Å². The second kappa shape index (κ2) is 6.75. The molecule has 0 aromatic carbocycles. The van der Waals surface area contributed by atoms with Gasteiger partial charge in [0.1, 0.15) is 6.61 Å². The maximum Gasteiger partial charge on any atom is 0.269 e. The Morgan fingerprint density at radius 2 is 2.14 bits per heavy atom. The summed E-state index contributed by atoms with van der Waals surface area (Å²) in [6.07, 6.45) is 4.62. The summed E-state index contributed by atoms with van der Waals surface area (Å²) in [6.45, 7) is 0.845. The minimum atomic E-state index is -0.245. The van der Waals surface area contributed by atoms with E-state index in [9.17, 15) is 4.79 Å². The number of nitrogens with two attached hydrogens (primary N) is 1. The Hall–Kier alpha value is -0.650. The second-order valence-corrected chi connectivity index (χ2v) is 3.39. The van der Waals surface area contributed by atoms with Gasteiger partial charge in [0.05, 0.1) is 12.7 Å². The van der Waals surface area contributed by atoms with E-state index in [-0.39, 0.29) is 18.6 Å². The SMILES string of the molecule is NCCOCC(=O)NOC1CCCC1. The van der Waals surface area contributed by atoms with E-state index in [0.29, 0.717) is 13.2 Å². The molecule has 3 N–H and O–H groups in total. The van der Waals surface area contributed by atoms with Gasteiger partial charge in [0.15, 0.2) is 0 Å². The van der Waals surface area contributed by atoms with Crippen molar-refractivity contribution in [3.63, 3.8) is 0 Å². The van der Waals surface area contributed by atoms with Gasteiger partial charge in [-0.25, -0.2) is 5.48 Å². The molecule has 0 radical (unpaired) electrons. The lowest BCUT2D eigenvalue weighted by Gasteiger charge is -2.11. The summed E-state index contributed by atoms with van der Waals surface area (Å²) in [7, 11) is 0. The first-order valence-corrected chi connectivity index (χ1v) is 5.05. The summed E-state index contributed by atoms with van der Waals surface area (Å²) in [6, 6.07) is 0. The molecule has 0 aliphatic heterocycles. The summed E-state index contributed by atoms with van der Waals surface area (Å²) in [5.74, 6) is -0.245. The lowest BCUT2D eigenvalue weighted by atomic mass is 10.3. The van der Waals surface area contributed by atoms with Crippen molar-refractivity contribution < 1.29 is 14.4 Å². The predicted molar refractivity (Wildman–Crippen MR) is 51.4 cm³/mol. The Labute approximate surface area is 83.9 Å². The topological polar surface area (TPSA) is 73.6 Å². The van der Waals surface area contributed by atoms with Gasteiger partial charge in [-0.3, -0.25) is 9.63 Å². The van der Waals surface area contributed by atoms with Crippen molar-refractivity contribution >= 4 is 5.91 Å². The molecule has 5 heteroatoms. The number of carbonyl (C=O) groups excluding carboxylic acids is 1. The second-order valence-electron chi connectivity index (χ2n) is 3.39. The van der Waals surface area contributed by atoms with Crippen LogP contribution >= 0.6 is 0 Å². The predicted octanol–water partition coefficient (Wildman–Crippen LogP) is -0.0479. The van der Waals surface area contributed by atoms with Crippen molar-refractivity contribution in [3.8, 4) is 0 Å². The quantitative estimate of drug-likeness (QED) is 0.468. The Morgan fingerprint density at radius 1 is 1.43 bits per heavy atom. The molecular formula is C9H18N2O3. The summed E-state index contributed by atoms with van der Waals surface area (Å²) in [5.41, 5.74) is 7.58. The largest absolute Gasteiger partial charge is 0.370 e. The van der Waals surface area contributed by atoms with Gasteiger partial charge in [0.2, 0.25) is 0 Å². The molecule has 14 heavy (non-hydrogen) atoms. The minimum absolute atomic E-state index is 0.0178. The van der Waals surface area contributed by atoms with Gasteiger partial charge in [0, 0.05) is 6.54 Å². The Bertz CT molecular complexity index is 169. The fourth-order valence-electron chi connectivity index (χ4n) is 1.43. The lowest BCUT2D eigenvalue weighted by Crippen LogP contribution is -2.31. The van der Waals surface area contributed by atoms with Gasteiger partial charge in [0.25, 0.3) is 5.91 Å². The molecule has 5 nitrogen and oxygen atoms in total. The first-order chi connectivity index (χ1) is 6.83. The van der Waals surface area contributed by atoms with Crippen LogP contribution in [0.5, 0.6) is 0 Å². The molecule has 1 amide bonds. The zero-order valence-electron chi connectivity index (χ0n) is 8.33. The van der Waals surface area contributed by atoms with E-state index >= 15 is 0 Å². The average molecular weight is 202 g/mol. The van der Waals surface area contributed by atoms with Gasteiger partial charge in [-0.1, -0.05) is 12.8 Å². The van der Waals surface area contributed by atoms with E-state index in [1.54, 1.807) is 0 Å².